The molecule has 0 aliphatic carbocycles. The van der Waals surface area contributed by atoms with Crippen molar-refractivity contribution in [1.82, 2.24) is 19.5 Å². The van der Waals surface area contributed by atoms with E-state index < -0.39 is 22.0 Å². The SMILES string of the molecule is CNc1ccc2c(nc(Nc3ccccc3)n2C)c1-c1ccnc(Nc2ccc(CS(C)(=O)=O)cc2)n1.O=C(O)C(F)(F)F. The summed E-state index contributed by atoms with van der Waals surface area (Å²) < 4.78 is 56.9. The molecule has 2 heterocycles. The average Bonchev–Trinajstić information content (AvgIpc) is 3.28. The molecule has 5 rings (SSSR count). The average molecular weight is 628 g/mol. The van der Waals surface area contributed by atoms with Gasteiger partial charge in [0.25, 0.3) is 0 Å². The van der Waals surface area contributed by atoms with Gasteiger partial charge in [-0.2, -0.15) is 13.2 Å². The summed E-state index contributed by atoms with van der Waals surface area (Å²) in [5.41, 5.74) is 6.68. The van der Waals surface area contributed by atoms with Gasteiger partial charge in [-0.05, 0) is 48.0 Å². The molecule has 0 radical (unpaired) electrons. The van der Waals surface area contributed by atoms with Gasteiger partial charge >= 0.3 is 12.1 Å². The van der Waals surface area contributed by atoms with Crippen LogP contribution < -0.4 is 16.0 Å². The van der Waals surface area contributed by atoms with Crippen LogP contribution >= 0.6 is 0 Å². The quantitative estimate of drug-likeness (QED) is 0.168. The van der Waals surface area contributed by atoms with Crippen LogP contribution in [0.3, 0.4) is 0 Å². The van der Waals surface area contributed by atoms with Crippen LogP contribution in [0.4, 0.5) is 42.1 Å². The first kappa shape index (κ1) is 31.7. The van der Waals surface area contributed by atoms with Crippen LogP contribution in [-0.4, -0.2) is 58.5 Å². The number of fused-ring (bicyclic) bond motifs is 1. The van der Waals surface area contributed by atoms with Gasteiger partial charge < -0.3 is 25.6 Å². The predicted molar refractivity (Wildman–Crippen MR) is 163 cm³/mol. The van der Waals surface area contributed by atoms with E-state index in [-0.39, 0.29) is 5.75 Å². The predicted octanol–water partition coefficient (Wildman–Crippen LogP) is 5.74. The van der Waals surface area contributed by atoms with Crippen molar-refractivity contribution in [3.63, 3.8) is 0 Å². The van der Waals surface area contributed by atoms with Crippen LogP contribution in [0.15, 0.2) is 79.0 Å². The topological polar surface area (TPSA) is 151 Å². The highest BCUT2D eigenvalue weighted by atomic mass is 32.2. The number of benzene rings is 3. The Morgan fingerprint density at radius 2 is 1.57 bits per heavy atom. The lowest BCUT2D eigenvalue weighted by Gasteiger charge is -2.11. The summed E-state index contributed by atoms with van der Waals surface area (Å²) in [6.07, 6.45) is -2.16. The number of carboxylic acids is 1. The highest BCUT2D eigenvalue weighted by molar-refractivity contribution is 7.89. The van der Waals surface area contributed by atoms with Crippen molar-refractivity contribution >= 4 is 55.8 Å². The molecule has 4 N–H and O–H groups in total. The summed E-state index contributed by atoms with van der Waals surface area (Å²) in [7, 11) is 0.754. The number of para-hydroxylation sites is 1. The number of alkyl halides is 3. The number of aryl methyl sites for hydroxylation is 1. The molecule has 0 saturated carbocycles. The Morgan fingerprint density at radius 1 is 0.932 bits per heavy atom. The van der Waals surface area contributed by atoms with Crippen LogP contribution in [0.25, 0.3) is 22.3 Å². The number of nitrogens with zero attached hydrogens (tertiary/aromatic N) is 4. The Balaban J connectivity index is 0.000000566. The van der Waals surface area contributed by atoms with E-state index >= 15 is 0 Å². The number of imidazole rings is 1. The largest absolute Gasteiger partial charge is 0.490 e. The molecule has 0 fully saturated rings. The number of carboxylic acid groups (broad SMARTS) is 1. The molecular formula is C29H28F3N7O4S. The van der Waals surface area contributed by atoms with Gasteiger partial charge in [0.15, 0.2) is 9.84 Å². The van der Waals surface area contributed by atoms with E-state index in [1.165, 1.54) is 6.26 Å². The van der Waals surface area contributed by atoms with Gasteiger partial charge in [-0.15, -0.1) is 0 Å². The zero-order valence-corrected chi connectivity index (χ0v) is 24.5. The number of sulfone groups is 1. The van der Waals surface area contributed by atoms with Crippen molar-refractivity contribution in [2.24, 2.45) is 7.05 Å². The molecule has 0 aliphatic heterocycles. The number of aliphatic carboxylic acids is 1. The van der Waals surface area contributed by atoms with Gasteiger partial charge in [0.2, 0.25) is 11.9 Å². The molecule has 0 amide bonds. The van der Waals surface area contributed by atoms with Gasteiger partial charge in [0.1, 0.15) is 5.52 Å². The summed E-state index contributed by atoms with van der Waals surface area (Å²) in [5, 5.41) is 17.0. The Labute approximate surface area is 250 Å². The van der Waals surface area contributed by atoms with E-state index in [2.05, 4.69) is 20.9 Å². The van der Waals surface area contributed by atoms with Crippen LogP contribution in [0.5, 0.6) is 0 Å². The molecule has 15 heteroatoms. The summed E-state index contributed by atoms with van der Waals surface area (Å²) in [5.74, 6) is -1.61. The van der Waals surface area contributed by atoms with Gasteiger partial charge in [-0.1, -0.05) is 30.3 Å². The Hall–Kier alpha value is -5.18. The fraction of sp³-hybridized carbons (Fsp3) is 0.172. The molecule has 44 heavy (non-hydrogen) atoms. The summed E-state index contributed by atoms with van der Waals surface area (Å²) in [6.45, 7) is 0. The maximum Gasteiger partial charge on any atom is 0.490 e. The zero-order valence-electron chi connectivity index (χ0n) is 23.7. The first-order valence-corrected chi connectivity index (χ1v) is 15.0. The Morgan fingerprint density at radius 3 is 2.16 bits per heavy atom. The van der Waals surface area contributed by atoms with E-state index in [1.807, 2.05) is 79.3 Å². The normalized spacial score (nSPS) is 11.4. The summed E-state index contributed by atoms with van der Waals surface area (Å²) in [6, 6.07) is 23.0. The van der Waals surface area contributed by atoms with Crippen molar-refractivity contribution in [3.05, 3.63) is 84.6 Å². The van der Waals surface area contributed by atoms with Gasteiger partial charge in [-0.3, -0.25) is 0 Å². The molecule has 0 atom stereocenters. The molecule has 0 unspecified atom stereocenters. The van der Waals surface area contributed by atoms with E-state index in [0.29, 0.717) is 11.6 Å². The number of nitrogens with one attached hydrogen (secondary N) is 3. The molecular weight excluding hydrogens is 599 g/mol. The molecule has 3 aromatic carbocycles. The van der Waals surface area contributed by atoms with Gasteiger partial charge in [0, 0.05) is 43.6 Å². The maximum atomic E-state index is 11.6. The molecule has 0 aliphatic rings. The zero-order chi connectivity index (χ0) is 32.1. The lowest BCUT2D eigenvalue weighted by Crippen LogP contribution is -2.21. The number of hydrogen-bond acceptors (Lipinski definition) is 9. The summed E-state index contributed by atoms with van der Waals surface area (Å²) >= 11 is 0. The smallest absolute Gasteiger partial charge is 0.475 e. The van der Waals surface area contributed by atoms with E-state index in [4.69, 9.17) is 19.9 Å². The lowest BCUT2D eigenvalue weighted by atomic mass is 10.1. The number of hydrogen-bond donors (Lipinski definition) is 4. The first-order valence-electron chi connectivity index (χ1n) is 12.9. The number of carbonyl (C=O) groups is 1. The molecule has 5 aromatic rings. The van der Waals surface area contributed by atoms with Gasteiger partial charge in [-0.25, -0.2) is 28.2 Å². The monoisotopic (exact) mass is 627 g/mol. The molecule has 0 spiro atoms. The van der Waals surface area contributed by atoms with E-state index in [1.54, 1.807) is 18.3 Å². The number of anilines is 5. The third kappa shape index (κ3) is 8.01. The highest BCUT2D eigenvalue weighted by Crippen LogP contribution is 2.36. The Kier molecular flexibility index (Phi) is 9.37. The minimum Gasteiger partial charge on any atom is -0.475 e. The highest BCUT2D eigenvalue weighted by Gasteiger charge is 2.38. The van der Waals surface area contributed by atoms with Crippen LogP contribution in [-0.2, 0) is 27.4 Å². The molecule has 11 nitrogen and oxygen atoms in total. The van der Waals surface area contributed by atoms with Crippen molar-refractivity contribution in [1.29, 1.82) is 0 Å². The minimum absolute atomic E-state index is 0.00125. The third-order valence-corrected chi connectivity index (χ3v) is 7.00. The fourth-order valence-corrected chi connectivity index (χ4v) is 4.96. The molecule has 2 aromatic heterocycles. The standard InChI is InChI=1S/C27H27N7O2S.C2HF3O2/c1-28-21-13-14-23-25(33-27(34(23)2)31-19-7-5-4-6-8-19)24(21)22-15-16-29-26(32-22)30-20-11-9-18(10-12-20)17-37(3,35)36;3-2(4,5)1(6)7/h4-16,28H,17H2,1-3H3,(H,31,33)(H,29,30,32);(H,6,7). The van der Waals surface area contributed by atoms with Crippen LogP contribution in [0.1, 0.15) is 5.56 Å². The second-order valence-corrected chi connectivity index (χ2v) is 11.7. The fourth-order valence-electron chi connectivity index (χ4n) is 4.16. The van der Waals surface area contributed by atoms with Gasteiger partial charge in [0.05, 0.1) is 22.5 Å². The number of rotatable bonds is 8. The molecule has 0 saturated heterocycles. The summed E-state index contributed by atoms with van der Waals surface area (Å²) in [4.78, 5) is 23.0. The number of halogens is 3. The second kappa shape index (κ2) is 13.0. The second-order valence-electron chi connectivity index (χ2n) is 9.55. The Bertz CT molecular complexity index is 1880. The van der Waals surface area contributed by atoms with Crippen molar-refractivity contribution < 1.29 is 31.5 Å². The number of aromatic nitrogens is 4. The molecule has 230 valence electrons. The van der Waals surface area contributed by atoms with Crippen LogP contribution in [0, 0.1) is 0 Å². The van der Waals surface area contributed by atoms with Crippen molar-refractivity contribution in [3.8, 4) is 11.3 Å². The van der Waals surface area contributed by atoms with Crippen LogP contribution in [0.2, 0.25) is 0 Å². The molecule has 0 bridgehead atoms. The van der Waals surface area contributed by atoms with E-state index in [0.717, 1.165) is 45.2 Å². The van der Waals surface area contributed by atoms with Crippen molar-refractivity contribution in [2.75, 3.05) is 29.3 Å². The van der Waals surface area contributed by atoms with Crippen molar-refractivity contribution in [2.45, 2.75) is 11.9 Å². The van der Waals surface area contributed by atoms with E-state index in [9.17, 15) is 21.6 Å². The maximum absolute atomic E-state index is 11.6. The third-order valence-electron chi connectivity index (χ3n) is 6.15. The minimum atomic E-state index is -5.08. The lowest BCUT2D eigenvalue weighted by molar-refractivity contribution is -0.192. The first-order chi connectivity index (χ1) is 20.7.